The second kappa shape index (κ2) is 6.62. The van der Waals surface area contributed by atoms with Gasteiger partial charge in [-0.15, -0.1) is 0 Å². The first-order valence-electron chi connectivity index (χ1n) is 10.6. The summed E-state index contributed by atoms with van der Waals surface area (Å²) in [5, 5.41) is 0. The van der Waals surface area contributed by atoms with Crippen molar-refractivity contribution in [1.29, 1.82) is 0 Å². The highest BCUT2D eigenvalue weighted by Crippen LogP contribution is 2.65. The Bertz CT molecular complexity index is 975. The zero-order valence-corrected chi connectivity index (χ0v) is 17.3. The van der Waals surface area contributed by atoms with Crippen molar-refractivity contribution in [2.75, 3.05) is 6.61 Å². The first-order valence-corrected chi connectivity index (χ1v) is 10.6. The van der Waals surface area contributed by atoms with Crippen molar-refractivity contribution in [3.05, 3.63) is 47.0 Å². The van der Waals surface area contributed by atoms with E-state index in [1.807, 2.05) is 19.9 Å². The minimum atomic E-state index is -1.03. The molecule has 1 aromatic rings. The molecule has 0 aromatic heterocycles. The molecule has 0 radical (unpaired) electrons. The Morgan fingerprint density at radius 1 is 1.03 bits per heavy atom. The Labute approximate surface area is 175 Å². The molecule has 7 atom stereocenters. The molecule has 1 aromatic carbocycles. The predicted molar refractivity (Wildman–Crippen MR) is 107 cm³/mol. The van der Waals surface area contributed by atoms with E-state index in [2.05, 4.69) is 12.2 Å². The lowest BCUT2D eigenvalue weighted by Crippen LogP contribution is -2.45. The maximum atomic E-state index is 13.1. The van der Waals surface area contributed by atoms with Crippen molar-refractivity contribution in [2.24, 2.45) is 35.5 Å². The van der Waals surface area contributed by atoms with E-state index in [4.69, 9.17) is 4.74 Å². The van der Waals surface area contributed by atoms with Gasteiger partial charge in [-0.2, -0.15) is 0 Å². The number of imide groups is 1. The number of hydrogen-bond acceptors (Lipinski definition) is 5. The Hall–Kier alpha value is -2.76. The summed E-state index contributed by atoms with van der Waals surface area (Å²) in [7, 11) is 0. The number of hydrogen-bond donors (Lipinski definition) is 0. The highest BCUT2D eigenvalue weighted by Gasteiger charge is 2.67. The Balaban J connectivity index is 1.26. The van der Waals surface area contributed by atoms with Crippen LogP contribution in [0, 0.1) is 49.4 Å². The molecule has 0 N–H and O–H groups in total. The molecule has 1 saturated heterocycles. The van der Waals surface area contributed by atoms with Gasteiger partial charge in [-0.05, 0) is 68.1 Å². The number of likely N-dealkylation sites (tertiary alicyclic amines) is 1. The average molecular weight is 407 g/mol. The van der Waals surface area contributed by atoms with Crippen LogP contribution in [0.1, 0.15) is 34.8 Å². The minimum absolute atomic E-state index is 0.112. The van der Waals surface area contributed by atoms with Gasteiger partial charge in [0.2, 0.25) is 11.8 Å². The molecule has 5 aliphatic rings. The normalized spacial score (nSPS) is 33.9. The van der Waals surface area contributed by atoms with Crippen molar-refractivity contribution in [3.8, 4) is 0 Å². The van der Waals surface area contributed by atoms with E-state index < -0.39 is 18.6 Å². The van der Waals surface area contributed by atoms with Crippen LogP contribution in [0.4, 0.5) is 0 Å². The highest BCUT2D eigenvalue weighted by atomic mass is 16.5. The van der Waals surface area contributed by atoms with Gasteiger partial charge in [0, 0.05) is 5.56 Å². The molecule has 1 aliphatic heterocycles. The first-order chi connectivity index (χ1) is 14.3. The van der Waals surface area contributed by atoms with Crippen LogP contribution >= 0.6 is 0 Å². The minimum Gasteiger partial charge on any atom is -0.456 e. The van der Waals surface area contributed by atoms with Gasteiger partial charge < -0.3 is 4.74 Å². The van der Waals surface area contributed by atoms with Gasteiger partial charge in [0.25, 0.3) is 0 Å². The quantitative estimate of drug-likeness (QED) is 0.324. The molecule has 6 nitrogen and oxygen atoms in total. The molecule has 2 saturated carbocycles. The summed E-state index contributed by atoms with van der Waals surface area (Å²) in [5.41, 5.74) is 2.53. The number of esters is 1. The van der Waals surface area contributed by atoms with Crippen LogP contribution in [0.25, 0.3) is 0 Å². The zero-order valence-electron chi connectivity index (χ0n) is 17.3. The standard InChI is InChI=1S/C24H25NO5/c1-11-4-5-14(8-12(11)2)19(26)10-30-24(29)13(3)25-22(27)20-15-6-7-16(18-9-17(15)18)21(20)23(25)28/h4-8,13,15-18,20-21H,9-10H2,1-3H3/t13-,15+,16+,17-,18+,20-,21-/m0/s1. The van der Waals surface area contributed by atoms with Gasteiger partial charge in [-0.25, -0.2) is 4.79 Å². The van der Waals surface area contributed by atoms with Crippen molar-refractivity contribution < 1.29 is 23.9 Å². The van der Waals surface area contributed by atoms with Gasteiger partial charge >= 0.3 is 5.97 Å². The lowest BCUT2D eigenvalue weighted by atomic mass is 9.63. The van der Waals surface area contributed by atoms with Gasteiger partial charge in [0.15, 0.2) is 12.4 Å². The van der Waals surface area contributed by atoms with Gasteiger partial charge in [0.1, 0.15) is 6.04 Å². The summed E-state index contributed by atoms with van der Waals surface area (Å²) < 4.78 is 5.20. The van der Waals surface area contributed by atoms with E-state index in [-0.39, 0.29) is 41.3 Å². The van der Waals surface area contributed by atoms with Crippen LogP contribution in [0.2, 0.25) is 0 Å². The lowest BCUT2D eigenvalue weighted by molar-refractivity contribution is -0.157. The average Bonchev–Trinajstić information content (AvgIpc) is 3.51. The van der Waals surface area contributed by atoms with Crippen molar-refractivity contribution >= 4 is 23.6 Å². The van der Waals surface area contributed by atoms with E-state index >= 15 is 0 Å². The van der Waals surface area contributed by atoms with Crippen LogP contribution < -0.4 is 0 Å². The van der Waals surface area contributed by atoms with Crippen LogP contribution in [0.5, 0.6) is 0 Å². The number of carbonyl (C=O) groups is 4. The van der Waals surface area contributed by atoms with E-state index in [0.717, 1.165) is 22.4 Å². The molecule has 4 aliphatic carbocycles. The first kappa shape index (κ1) is 19.2. The number of ether oxygens (including phenoxy) is 1. The number of rotatable bonds is 5. The zero-order chi connectivity index (χ0) is 21.3. The lowest BCUT2D eigenvalue weighted by Gasteiger charge is -2.37. The number of Topliss-reactive ketones (excluding diaryl/α,β-unsaturated/α-hetero) is 1. The Kier molecular flexibility index (Phi) is 4.24. The fourth-order valence-electron chi connectivity index (χ4n) is 5.72. The molecule has 30 heavy (non-hydrogen) atoms. The van der Waals surface area contributed by atoms with Crippen LogP contribution in [-0.2, 0) is 19.1 Å². The Morgan fingerprint density at radius 3 is 2.20 bits per heavy atom. The topological polar surface area (TPSA) is 80.8 Å². The SMILES string of the molecule is Cc1ccc(C(=O)COC(=O)[C@H](C)N2C(=O)[C@H]3[C@@H]4C=C[C@H]([C@@H]5C[C@H]45)[C@@H]3C2=O)cc1C. The highest BCUT2D eigenvalue weighted by molar-refractivity contribution is 6.09. The molecule has 3 fully saturated rings. The number of carbonyl (C=O) groups excluding carboxylic acids is 4. The molecule has 2 amide bonds. The number of allylic oxidation sites excluding steroid dienone is 2. The molecule has 0 spiro atoms. The summed E-state index contributed by atoms with van der Waals surface area (Å²) in [6, 6.07) is 4.29. The third-order valence-corrected chi connectivity index (χ3v) is 7.60. The van der Waals surface area contributed by atoms with Crippen molar-refractivity contribution in [3.63, 3.8) is 0 Å². The summed E-state index contributed by atoms with van der Waals surface area (Å²) in [6.07, 6.45) is 5.29. The fourth-order valence-corrected chi connectivity index (χ4v) is 5.72. The third kappa shape index (κ3) is 2.69. The van der Waals surface area contributed by atoms with Crippen molar-refractivity contribution in [2.45, 2.75) is 33.2 Å². The molecular weight excluding hydrogens is 382 g/mol. The van der Waals surface area contributed by atoms with Gasteiger partial charge in [-0.1, -0.05) is 24.3 Å². The third-order valence-electron chi connectivity index (χ3n) is 7.60. The second-order valence-electron chi connectivity index (χ2n) is 9.21. The molecule has 156 valence electrons. The summed E-state index contributed by atoms with van der Waals surface area (Å²) in [6.45, 7) is 4.96. The second-order valence-corrected chi connectivity index (χ2v) is 9.21. The van der Waals surface area contributed by atoms with E-state index in [0.29, 0.717) is 17.4 Å². The van der Waals surface area contributed by atoms with Gasteiger partial charge in [0.05, 0.1) is 11.8 Å². The summed E-state index contributed by atoms with van der Waals surface area (Å²) in [4.78, 5) is 52.2. The fraction of sp³-hybridized carbons (Fsp3) is 0.500. The van der Waals surface area contributed by atoms with Crippen LogP contribution in [0.3, 0.4) is 0 Å². The largest absolute Gasteiger partial charge is 0.456 e. The molecule has 6 heteroatoms. The summed E-state index contributed by atoms with van der Waals surface area (Å²) in [5.74, 6) is -1.01. The predicted octanol–water partition coefficient (Wildman–Crippen LogP) is 2.47. The molecule has 1 heterocycles. The number of benzene rings is 1. The molecule has 6 rings (SSSR count). The maximum absolute atomic E-state index is 13.1. The molecular formula is C24H25NO5. The van der Waals surface area contributed by atoms with Crippen LogP contribution in [0.15, 0.2) is 30.4 Å². The molecule has 2 bridgehead atoms. The van der Waals surface area contributed by atoms with Crippen molar-refractivity contribution in [1.82, 2.24) is 4.90 Å². The Morgan fingerprint density at radius 2 is 1.63 bits per heavy atom. The van der Waals surface area contributed by atoms with E-state index in [1.54, 1.807) is 12.1 Å². The smallest absolute Gasteiger partial charge is 0.329 e. The number of ketones is 1. The van der Waals surface area contributed by atoms with E-state index in [1.165, 1.54) is 6.92 Å². The maximum Gasteiger partial charge on any atom is 0.329 e. The number of aryl methyl sites for hydroxylation is 2. The van der Waals surface area contributed by atoms with Gasteiger partial charge in [-0.3, -0.25) is 19.3 Å². The summed E-state index contributed by atoms with van der Waals surface area (Å²) >= 11 is 0. The number of nitrogens with zero attached hydrogens (tertiary/aromatic N) is 1. The monoisotopic (exact) mass is 407 g/mol. The molecule has 0 unspecified atom stereocenters. The van der Waals surface area contributed by atoms with Crippen LogP contribution in [-0.4, -0.2) is 41.1 Å². The van der Waals surface area contributed by atoms with E-state index in [9.17, 15) is 19.2 Å². The number of amides is 2.